The van der Waals surface area contributed by atoms with Crippen molar-refractivity contribution in [1.82, 2.24) is 14.5 Å². The molecule has 1 heterocycles. The molecule has 9 heteroatoms. The van der Waals surface area contributed by atoms with Gasteiger partial charge in [-0.05, 0) is 66.7 Å². The zero-order chi connectivity index (χ0) is 27.1. The van der Waals surface area contributed by atoms with E-state index in [1.165, 1.54) is 24.1 Å². The highest BCUT2D eigenvalue weighted by atomic mass is 19.1. The van der Waals surface area contributed by atoms with Gasteiger partial charge in [0.15, 0.2) is 0 Å². The molecule has 38 heavy (non-hydrogen) atoms. The molecule has 194 valence electrons. The molecule has 0 aliphatic carbocycles. The second-order valence-corrected chi connectivity index (χ2v) is 8.28. The van der Waals surface area contributed by atoms with Gasteiger partial charge in [-0.3, -0.25) is 19.5 Å². The highest BCUT2D eigenvalue weighted by Gasteiger charge is 2.20. The number of carbonyl (C=O) groups is 2. The number of nitrogens with zero attached hydrogens (tertiary/aromatic N) is 3. The quantitative estimate of drug-likeness (QED) is 0.302. The van der Waals surface area contributed by atoms with E-state index in [9.17, 15) is 14.0 Å². The molecule has 2 amide bonds. The fourth-order valence-corrected chi connectivity index (χ4v) is 3.82. The van der Waals surface area contributed by atoms with Crippen molar-refractivity contribution in [2.24, 2.45) is 0 Å². The summed E-state index contributed by atoms with van der Waals surface area (Å²) in [7, 11) is 3.10. The van der Waals surface area contributed by atoms with E-state index in [2.05, 4.69) is 16.9 Å². The Morgan fingerprint density at radius 2 is 1.74 bits per heavy atom. The monoisotopic (exact) mass is 514 g/mol. The number of carbonyl (C=O) groups excluding carboxylic acids is 2. The molecule has 0 unspecified atom stereocenters. The van der Waals surface area contributed by atoms with Crippen LogP contribution in [0.2, 0.25) is 0 Å². The standard InChI is InChI=1S/C29H27FN4O4/c1-4-16-33(28(36)21-6-5-7-25(17-21)38-3)19-27(35)32-29-31-26(20-8-14-24(37-2)15-9-20)18-34(29)23-12-10-22(30)11-13-23/h4-15,17-18H,1,16,19H2,2-3H3,(H,31,32,35). The maximum absolute atomic E-state index is 13.6. The Morgan fingerprint density at radius 3 is 2.39 bits per heavy atom. The Hall–Kier alpha value is -4.92. The third-order valence-corrected chi connectivity index (χ3v) is 5.74. The minimum absolute atomic E-state index is 0.160. The number of benzene rings is 3. The van der Waals surface area contributed by atoms with Crippen molar-refractivity contribution in [3.63, 3.8) is 0 Å². The van der Waals surface area contributed by atoms with Gasteiger partial charge < -0.3 is 14.4 Å². The van der Waals surface area contributed by atoms with Crippen LogP contribution in [-0.4, -0.2) is 53.6 Å². The molecular formula is C29H27FN4O4. The Labute approximate surface area is 219 Å². The van der Waals surface area contributed by atoms with E-state index in [0.717, 1.165) is 5.56 Å². The number of halogens is 1. The summed E-state index contributed by atoms with van der Waals surface area (Å²) in [6.07, 6.45) is 3.29. The number of hydrogen-bond donors (Lipinski definition) is 1. The maximum atomic E-state index is 13.6. The van der Waals surface area contributed by atoms with Crippen molar-refractivity contribution >= 4 is 17.8 Å². The Bertz CT molecular complexity index is 1430. The predicted molar refractivity (Wildman–Crippen MR) is 143 cm³/mol. The van der Waals surface area contributed by atoms with Crippen molar-refractivity contribution in [3.05, 3.63) is 103 Å². The summed E-state index contributed by atoms with van der Waals surface area (Å²) < 4.78 is 25.7. The number of ether oxygens (including phenoxy) is 2. The number of rotatable bonds is 10. The molecule has 0 saturated heterocycles. The molecule has 0 atom stereocenters. The lowest BCUT2D eigenvalue weighted by atomic mass is 10.1. The molecule has 3 aromatic carbocycles. The summed E-state index contributed by atoms with van der Waals surface area (Å²) in [4.78, 5) is 32.2. The lowest BCUT2D eigenvalue weighted by Crippen LogP contribution is -2.38. The zero-order valence-corrected chi connectivity index (χ0v) is 21.1. The van der Waals surface area contributed by atoms with Gasteiger partial charge in [0.25, 0.3) is 5.91 Å². The van der Waals surface area contributed by atoms with Crippen LogP contribution in [-0.2, 0) is 4.79 Å². The zero-order valence-electron chi connectivity index (χ0n) is 21.1. The number of nitrogens with one attached hydrogen (secondary N) is 1. The third kappa shape index (κ3) is 6.07. The summed E-state index contributed by atoms with van der Waals surface area (Å²) in [5.41, 5.74) is 2.37. The van der Waals surface area contributed by atoms with E-state index in [0.29, 0.717) is 28.4 Å². The van der Waals surface area contributed by atoms with Gasteiger partial charge in [-0.2, -0.15) is 0 Å². The first-order valence-corrected chi connectivity index (χ1v) is 11.8. The summed E-state index contributed by atoms with van der Waals surface area (Å²) in [6.45, 7) is 3.63. The molecule has 0 aliphatic heterocycles. The average molecular weight is 515 g/mol. The number of anilines is 1. The van der Waals surface area contributed by atoms with Gasteiger partial charge in [0.1, 0.15) is 23.9 Å². The van der Waals surface area contributed by atoms with E-state index in [1.807, 2.05) is 24.3 Å². The first-order chi connectivity index (χ1) is 18.4. The number of aromatic nitrogens is 2. The summed E-state index contributed by atoms with van der Waals surface area (Å²) in [5.74, 6) is 0.262. The first kappa shape index (κ1) is 26.2. The van der Waals surface area contributed by atoms with Crippen molar-refractivity contribution in [2.75, 3.05) is 32.6 Å². The van der Waals surface area contributed by atoms with E-state index in [4.69, 9.17) is 9.47 Å². The maximum Gasteiger partial charge on any atom is 0.254 e. The van der Waals surface area contributed by atoms with Crippen LogP contribution in [0.5, 0.6) is 11.5 Å². The molecule has 0 aliphatic rings. The fraction of sp³-hybridized carbons (Fsp3) is 0.138. The minimum atomic E-state index is -0.460. The topological polar surface area (TPSA) is 85.7 Å². The molecule has 0 spiro atoms. The number of methoxy groups -OCH3 is 2. The Kier molecular flexibility index (Phi) is 8.17. The molecule has 8 nitrogen and oxygen atoms in total. The largest absolute Gasteiger partial charge is 0.497 e. The Morgan fingerprint density at radius 1 is 1.03 bits per heavy atom. The first-order valence-electron chi connectivity index (χ1n) is 11.8. The molecule has 4 aromatic rings. The number of amides is 2. The van der Waals surface area contributed by atoms with Crippen LogP contribution in [0, 0.1) is 5.82 Å². The van der Waals surface area contributed by atoms with Crippen molar-refractivity contribution in [3.8, 4) is 28.4 Å². The van der Waals surface area contributed by atoms with Crippen LogP contribution in [0.3, 0.4) is 0 Å². The van der Waals surface area contributed by atoms with Gasteiger partial charge in [0.05, 0.1) is 19.9 Å². The van der Waals surface area contributed by atoms with Crippen LogP contribution in [0.1, 0.15) is 10.4 Å². The summed E-state index contributed by atoms with van der Waals surface area (Å²) in [6, 6.07) is 19.8. The van der Waals surface area contributed by atoms with Gasteiger partial charge in [0.2, 0.25) is 11.9 Å². The van der Waals surface area contributed by atoms with E-state index < -0.39 is 5.91 Å². The number of hydrogen-bond acceptors (Lipinski definition) is 5. The molecule has 1 N–H and O–H groups in total. The second-order valence-electron chi connectivity index (χ2n) is 8.28. The van der Waals surface area contributed by atoms with E-state index in [1.54, 1.807) is 60.3 Å². The van der Waals surface area contributed by atoms with Crippen LogP contribution >= 0.6 is 0 Å². The van der Waals surface area contributed by atoms with Crippen LogP contribution in [0.25, 0.3) is 16.9 Å². The molecule has 0 fully saturated rings. The van der Waals surface area contributed by atoms with Gasteiger partial charge in [-0.25, -0.2) is 9.37 Å². The van der Waals surface area contributed by atoms with Crippen molar-refractivity contribution in [2.45, 2.75) is 0 Å². The van der Waals surface area contributed by atoms with Gasteiger partial charge in [0, 0.05) is 29.6 Å². The van der Waals surface area contributed by atoms with Gasteiger partial charge >= 0.3 is 0 Å². The summed E-state index contributed by atoms with van der Waals surface area (Å²) in [5, 5.41) is 2.80. The molecule has 4 rings (SSSR count). The minimum Gasteiger partial charge on any atom is -0.497 e. The smallest absolute Gasteiger partial charge is 0.254 e. The average Bonchev–Trinajstić information content (AvgIpc) is 3.36. The highest BCUT2D eigenvalue weighted by Crippen LogP contribution is 2.26. The molecule has 0 saturated carbocycles. The predicted octanol–water partition coefficient (Wildman–Crippen LogP) is 4.96. The lowest BCUT2D eigenvalue weighted by molar-refractivity contribution is -0.116. The van der Waals surface area contributed by atoms with Gasteiger partial charge in [-0.15, -0.1) is 6.58 Å². The molecule has 0 bridgehead atoms. The van der Waals surface area contributed by atoms with Crippen molar-refractivity contribution < 1.29 is 23.5 Å². The summed E-state index contributed by atoms with van der Waals surface area (Å²) >= 11 is 0. The molecular weight excluding hydrogens is 487 g/mol. The van der Waals surface area contributed by atoms with Crippen LogP contribution < -0.4 is 14.8 Å². The Balaban J connectivity index is 1.61. The highest BCUT2D eigenvalue weighted by molar-refractivity contribution is 5.99. The third-order valence-electron chi connectivity index (χ3n) is 5.74. The second kappa shape index (κ2) is 11.9. The van der Waals surface area contributed by atoms with E-state index in [-0.39, 0.29) is 30.8 Å². The molecule has 0 radical (unpaired) electrons. The molecule has 1 aromatic heterocycles. The van der Waals surface area contributed by atoms with Crippen molar-refractivity contribution in [1.29, 1.82) is 0 Å². The normalized spacial score (nSPS) is 10.5. The fourth-order valence-electron chi connectivity index (χ4n) is 3.82. The lowest BCUT2D eigenvalue weighted by Gasteiger charge is -2.21. The van der Waals surface area contributed by atoms with Crippen LogP contribution in [0.15, 0.2) is 91.6 Å². The SMILES string of the molecule is C=CCN(CC(=O)Nc1nc(-c2ccc(OC)cc2)cn1-c1ccc(F)cc1)C(=O)c1cccc(OC)c1. The van der Waals surface area contributed by atoms with Crippen LogP contribution in [0.4, 0.5) is 10.3 Å². The number of imidazole rings is 1. The van der Waals surface area contributed by atoms with Gasteiger partial charge in [-0.1, -0.05) is 12.1 Å². The van der Waals surface area contributed by atoms with E-state index >= 15 is 0 Å².